The molecule has 2 aromatic carbocycles. The molecule has 0 aliphatic carbocycles. The van der Waals surface area contributed by atoms with Crippen LogP contribution in [0.1, 0.15) is 34.8 Å². The second-order valence-electron chi connectivity index (χ2n) is 6.87. The van der Waals surface area contributed by atoms with Gasteiger partial charge in [-0.15, -0.1) is 0 Å². The summed E-state index contributed by atoms with van der Waals surface area (Å²) in [6.07, 6.45) is 2.07. The lowest BCUT2D eigenvalue weighted by Crippen LogP contribution is -1.94. The number of hydrogen-bond acceptors (Lipinski definition) is 2. The molecule has 0 amide bonds. The fourth-order valence-corrected chi connectivity index (χ4v) is 3.48. The van der Waals surface area contributed by atoms with Crippen molar-refractivity contribution < 1.29 is 14.3 Å². The molecule has 0 fully saturated rings. The molecule has 27 heavy (non-hydrogen) atoms. The van der Waals surface area contributed by atoms with Crippen molar-refractivity contribution in [2.45, 2.75) is 26.7 Å². The van der Waals surface area contributed by atoms with E-state index in [2.05, 4.69) is 37.0 Å². The molecule has 0 saturated carbocycles. The molecule has 0 unspecified atom stereocenters. The molecule has 0 aliphatic heterocycles. The Labute approximate surface area is 157 Å². The number of furan rings is 1. The van der Waals surface area contributed by atoms with E-state index in [1.54, 1.807) is 24.3 Å². The number of aromatic amines is 1. The second kappa shape index (κ2) is 6.80. The number of aryl methyl sites for hydroxylation is 2. The third-order valence-electron chi connectivity index (χ3n) is 4.75. The van der Waals surface area contributed by atoms with E-state index in [1.165, 1.54) is 11.1 Å². The van der Waals surface area contributed by atoms with Crippen molar-refractivity contribution >= 4 is 16.9 Å². The summed E-state index contributed by atoms with van der Waals surface area (Å²) in [6, 6.07) is 17.2. The van der Waals surface area contributed by atoms with Crippen LogP contribution in [0.3, 0.4) is 0 Å². The van der Waals surface area contributed by atoms with E-state index in [9.17, 15) is 4.79 Å². The van der Waals surface area contributed by atoms with Gasteiger partial charge in [-0.1, -0.05) is 31.5 Å². The van der Waals surface area contributed by atoms with Gasteiger partial charge in [0.2, 0.25) is 0 Å². The number of carboxylic acid groups (broad SMARTS) is 1. The van der Waals surface area contributed by atoms with E-state index in [4.69, 9.17) is 9.52 Å². The van der Waals surface area contributed by atoms with Crippen molar-refractivity contribution in [2.75, 3.05) is 0 Å². The van der Waals surface area contributed by atoms with E-state index in [0.29, 0.717) is 0 Å². The molecule has 2 aromatic heterocycles. The van der Waals surface area contributed by atoms with Crippen molar-refractivity contribution in [3.63, 3.8) is 0 Å². The van der Waals surface area contributed by atoms with Gasteiger partial charge in [-0.3, -0.25) is 0 Å². The van der Waals surface area contributed by atoms with Gasteiger partial charge in [-0.25, -0.2) is 4.79 Å². The topological polar surface area (TPSA) is 66.2 Å². The molecule has 0 atom stereocenters. The summed E-state index contributed by atoms with van der Waals surface area (Å²) in [5, 5.41) is 10.1. The van der Waals surface area contributed by atoms with Crippen LogP contribution < -0.4 is 0 Å². The van der Waals surface area contributed by atoms with Crippen LogP contribution in [0.4, 0.5) is 0 Å². The Hall–Kier alpha value is -3.27. The molecule has 0 bridgehead atoms. The molecule has 2 N–H and O–H groups in total. The molecule has 0 spiro atoms. The van der Waals surface area contributed by atoms with Crippen LogP contribution in [0, 0.1) is 6.92 Å². The summed E-state index contributed by atoms with van der Waals surface area (Å²) < 4.78 is 6.18. The van der Waals surface area contributed by atoms with E-state index in [1.807, 2.05) is 12.1 Å². The zero-order valence-corrected chi connectivity index (χ0v) is 15.4. The lowest BCUT2D eigenvalue weighted by molar-refractivity contribution is 0.0697. The number of aromatic nitrogens is 1. The summed E-state index contributed by atoms with van der Waals surface area (Å²) in [6.45, 7) is 4.28. The number of hydrogen-bond donors (Lipinski definition) is 2. The van der Waals surface area contributed by atoms with Gasteiger partial charge in [0.15, 0.2) is 5.76 Å². The normalized spacial score (nSPS) is 11.2. The first-order valence-electron chi connectivity index (χ1n) is 9.11. The molecule has 4 aromatic rings. The van der Waals surface area contributed by atoms with E-state index in [0.717, 1.165) is 46.5 Å². The Morgan fingerprint density at radius 3 is 2.48 bits per heavy atom. The number of benzene rings is 2. The van der Waals surface area contributed by atoms with Crippen LogP contribution in [-0.4, -0.2) is 16.1 Å². The van der Waals surface area contributed by atoms with Gasteiger partial charge in [-0.2, -0.15) is 0 Å². The minimum absolute atomic E-state index is 0.279. The fourth-order valence-electron chi connectivity index (χ4n) is 3.48. The highest BCUT2D eigenvalue weighted by Gasteiger charge is 2.13. The summed E-state index contributed by atoms with van der Waals surface area (Å²) in [7, 11) is 0. The SMILES string of the molecule is CCCc1cc(C)cc2cc(-c3ccc(-c4ccc(C(=O)O)cc4)[nH]3)oc12. The molecule has 4 nitrogen and oxygen atoms in total. The van der Waals surface area contributed by atoms with Crippen LogP contribution in [0.25, 0.3) is 33.7 Å². The van der Waals surface area contributed by atoms with Crippen LogP contribution in [0.15, 0.2) is 59.0 Å². The molecule has 4 rings (SSSR count). The Morgan fingerprint density at radius 1 is 1.04 bits per heavy atom. The largest absolute Gasteiger partial charge is 0.478 e. The van der Waals surface area contributed by atoms with Gasteiger partial charge in [0.05, 0.1) is 11.3 Å². The molecule has 2 heterocycles. The predicted octanol–water partition coefficient (Wildman–Crippen LogP) is 6.05. The number of aromatic carboxylic acids is 1. The van der Waals surface area contributed by atoms with Gasteiger partial charge >= 0.3 is 5.97 Å². The number of carboxylic acids is 1. The highest BCUT2D eigenvalue weighted by molar-refractivity contribution is 5.88. The molecular formula is C23H21NO3. The van der Waals surface area contributed by atoms with Crippen molar-refractivity contribution in [3.8, 4) is 22.7 Å². The Bertz CT molecular complexity index is 1120. The summed E-state index contributed by atoms with van der Waals surface area (Å²) in [5.41, 5.74) is 6.49. The van der Waals surface area contributed by atoms with E-state index < -0.39 is 5.97 Å². The fraction of sp³-hybridized carbons (Fsp3) is 0.174. The predicted molar refractivity (Wildman–Crippen MR) is 107 cm³/mol. The van der Waals surface area contributed by atoms with Crippen molar-refractivity contribution in [3.05, 3.63) is 71.3 Å². The van der Waals surface area contributed by atoms with E-state index in [-0.39, 0.29) is 5.56 Å². The van der Waals surface area contributed by atoms with Gasteiger partial charge in [0.25, 0.3) is 0 Å². The smallest absolute Gasteiger partial charge is 0.335 e. The first-order chi connectivity index (χ1) is 13.0. The lowest BCUT2D eigenvalue weighted by atomic mass is 10.0. The first-order valence-corrected chi connectivity index (χ1v) is 9.11. The molecule has 0 radical (unpaired) electrons. The van der Waals surface area contributed by atoms with Gasteiger partial charge < -0.3 is 14.5 Å². The van der Waals surface area contributed by atoms with Crippen LogP contribution in [0.2, 0.25) is 0 Å². The van der Waals surface area contributed by atoms with Crippen molar-refractivity contribution in [1.82, 2.24) is 4.98 Å². The van der Waals surface area contributed by atoms with Crippen LogP contribution >= 0.6 is 0 Å². The molecule has 136 valence electrons. The minimum atomic E-state index is -0.922. The average molecular weight is 359 g/mol. The number of rotatable bonds is 5. The quantitative estimate of drug-likeness (QED) is 0.455. The number of H-pyrrole nitrogens is 1. The first kappa shape index (κ1) is 17.2. The van der Waals surface area contributed by atoms with Crippen molar-refractivity contribution in [2.24, 2.45) is 0 Å². The lowest BCUT2D eigenvalue weighted by Gasteiger charge is -2.02. The maximum absolute atomic E-state index is 11.0. The maximum Gasteiger partial charge on any atom is 0.335 e. The minimum Gasteiger partial charge on any atom is -0.478 e. The number of fused-ring (bicyclic) bond motifs is 1. The van der Waals surface area contributed by atoms with Gasteiger partial charge in [0, 0.05) is 11.1 Å². The monoisotopic (exact) mass is 359 g/mol. The Morgan fingerprint density at radius 2 is 1.78 bits per heavy atom. The third kappa shape index (κ3) is 3.26. The number of nitrogens with one attached hydrogen (secondary N) is 1. The molecule has 0 aliphatic rings. The van der Waals surface area contributed by atoms with Gasteiger partial charge in [-0.05, 0) is 66.4 Å². The summed E-state index contributed by atoms with van der Waals surface area (Å²) in [4.78, 5) is 14.4. The summed E-state index contributed by atoms with van der Waals surface area (Å²) in [5.74, 6) is -0.115. The van der Waals surface area contributed by atoms with Gasteiger partial charge in [0.1, 0.15) is 5.58 Å². The average Bonchev–Trinajstić information content (AvgIpc) is 3.29. The second-order valence-corrected chi connectivity index (χ2v) is 6.87. The highest BCUT2D eigenvalue weighted by atomic mass is 16.4. The molecule has 0 saturated heterocycles. The maximum atomic E-state index is 11.0. The molecule has 4 heteroatoms. The van der Waals surface area contributed by atoms with Crippen LogP contribution in [0.5, 0.6) is 0 Å². The molecular weight excluding hydrogens is 338 g/mol. The Kier molecular flexibility index (Phi) is 4.32. The highest BCUT2D eigenvalue weighted by Crippen LogP contribution is 2.32. The van der Waals surface area contributed by atoms with Crippen molar-refractivity contribution in [1.29, 1.82) is 0 Å². The standard InChI is InChI=1S/C23H21NO3/c1-3-4-17-11-14(2)12-18-13-21(27-22(17)18)20-10-9-19(24-20)15-5-7-16(8-6-15)23(25)26/h5-13,24H,3-4H2,1-2H3,(H,25,26). The van der Waals surface area contributed by atoms with E-state index >= 15 is 0 Å². The summed E-state index contributed by atoms with van der Waals surface area (Å²) >= 11 is 0. The van der Waals surface area contributed by atoms with Crippen LogP contribution in [-0.2, 0) is 6.42 Å². The zero-order valence-electron chi connectivity index (χ0n) is 15.4. The third-order valence-corrected chi connectivity index (χ3v) is 4.75. The zero-order chi connectivity index (χ0) is 19.0. The number of carbonyl (C=O) groups is 1. The Balaban J connectivity index is 1.70.